The second-order valence-corrected chi connectivity index (χ2v) is 6.53. The number of aliphatic hydroxyl groups excluding tert-OH is 1. The van der Waals surface area contributed by atoms with Crippen LogP contribution in [-0.4, -0.2) is 32.6 Å². The molecule has 1 aromatic heterocycles. The van der Waals surface area contributed by atoms with Gasteiger partial charge >= 0.3 is 0 Å². The molecule has 2 atom stereocenters. The second kappa shape index (κ2) is 8.22. The number of likely N-dealkylation sites (tertiary alicyclic amines) is 1. The minimum atomic E-state index is -0.432. The molecule has 1 aromatic carbocycles. The molecule has 1 aliphatic rings. The van der Waals surface area contributed by atoms with Gasteiger partial charge in [-0.1, -0.05) is 43.2 Å². The topological polar surface area (TPSA) is 75.3 Å². The summed E-state index contributed by atoms with van der Waals surface area (Å²) < 4.78 is 0. The molecule has 24 heavy (non-hydrogen) atoms. The number of anilines is 1. The van der Waals surface area contributed by atoms with E-state index in [0.29, 0.717) is 18.4 Å². The first kappa shape index (κ1) is 16.9. The van der Waals surface area contributed by atoms with Crippen LogP contribution in [0, 0.1) is 0 Å². The van der Waals surface area contributed by atoms with Gasteiger partial charge in [0.15, 0.2) is 0 Å². The van der Waals surface area contributed by atoms with Gasteiger partial charge in [0.25, 0.3) is 0 Å². The number of hydrogen-bond donors (Lipinski definition) is 2. The molecule has 3 rings (SSSR count). The van der Waals surface area contributed by atoms with Crippen molar-refractivity contribution in [1.29, 1.82) is 0 Å². The maximum Gasteiger partial charge on any atom is 0.144 e. The van der Waals surface area contributed by atoms with Crippen LogP contribution in [0.1, 0.15) is 49.6 Å². The summed E-state index contributed by atoms with van der Waals surface area (Å²) in [5.41, 5.74) is 6.76. The van der Waals surface area contributed by atoms with E-state index in [0.717, 1.165) is 30.8 Å². The Morgan fingerprint density at radius 3 is 2.79 bits per heavy atom. The molecular weight excluding hydrogens is 300 g/mol. The number of nitrogens with zero attached hydrogens (tertiary/aromatic N) is 3. The zero-order valence-corrected chi connectivity index (χ0v) is 14.0. The molecule has 5 nitrogen and oxygen atoms in total. The smallest absolute Gasteiger partial charge is 0.144 e. The fourth-order valence-corrected chi connectivity index (χ4v) is 3.45. The van der Waals surface area contributed by atoms with E-state index in [1.165, 1.54) is 19.3 Å². The molecule has 0 aliphatic carbocycles. The molecule has 2 heterocycles. The first-order valence-corrected chi connectivity index (χ1v) is 8.77. The van der Waals surface area contributed by atoms with Crippen LogP contribution in [0.4, 0.5) is 5.82 Å². The van der Waals surface area contributed by atoms with Crippen LogP contribution in [0.15, 0.2) is 42.6 Å². The molecule has 1 fully saturated rings. The summed E-state index contributed by atoms with van der Waals surface area (Å²) in [6.45, 7) is 1.71. The van der Waals surface area contributed by atoms with Crippen LogP contribution in [0.2, 0.25) is 0 Å². The van der Waals surface area contributed by atoms with E-state index < -0.39 is 6.10 Å². The van der Waals surface area contributed by atoms with Gasteiger partial charge in [0.05, 0.1) is 12.6 Å². The molecular formula is C19H26N4O. The van der Waals surface area contributed by atoms with Crippen molar-refractivity contribution >= 4 is 5.82 Å². The summed E-state index contributed by atoms with van der Waals surface area (Å²) in [5.74, 6) is 1.27. The number of nitrogens with two attached hydrogens (primary N) is 1. The Kier molecular flexibility index (Phi) is 5.77. The molecule has 1 aliphatic heterocycles. The molecule has 128 valence electrons. The third-order valence-electron chi connectivity index (χ3n) is 4.75. The summed E-state index contributed by atoms with van der Waals surface area (Å²) >= 11 is 0. The predicted molar refractivity (Wildman–Crippen MR) is 95.1 cm³/mol. The molecule has 0 amide bonds. The number of aliphatic hydroxyl groups is 1. The van der Waals surface area contributed by atoms with Crippen molar-refractivity contribution in [3.05, 3.63) is 54.0 Å². The number of hydrogen-bond acceptors (Lipinski definition) is 5. The van der Waals surface area contributed by atoms with Gasteiger partial charge in [0, 0.05) is 12.2 Å². The van der Waals surface area contributed by atoms with E-state index in [-0.39, 0.29) is 0 Å². The lowest BCUT2D eigenvalue weighted by molar-refractivity contribution is 0.0960. The first-order valence-electron chi connectivity index (χ1n) is 8.77. The molecule has 0 spiro atoms. The maximum atomic E-state index is 10.6. The Labute approximate surface area is 143 Å². The summed E-state index contributed by atoms with van der Waals surface area (Å²) in [6, 6.07) is 12.0. The van der Waals surface area contributed by atoms with E-state index in [2.05, 4.69) is 14.9 Å². The van der Waals surface area contributed by atoms with Crippen LogP contribution in [0.5, 0.6) is 0 Å². The van der Waals surface area contributed by atoms with Gasteiger partial charge in [-0.25, -0.2) is 9.97 Å². The van der Waals surface area contributed by atoms with Crippen LogP contribution in [0.25, 0.3) is 0 Å². The quantitative estimate of drug-likeness (QED) is 0.883. The van der Waals surface area contributed by atoms with Crippen LogP contribution in [-0.2, 0) is 6.54 Å². The highest BCUT2D eigenvalue weighted by molar-refractivity contribution is 5.25. The Balaban J connectivity index is 1.70. The van der Waals surface area contributed by atoms with E-state index >= 15 is 0 Å². The maximum absolute atomic E-state index is 10.6. The van der Waals surface area contributed by atoms with Crippen molar-refractivity contribution in [3.8, 4) is 0 Å². The lowest BCUT2D eigenvalue weighted by atomic mass is 9.98. The standard InChI is InChI=1S/C19H26N4O/c20-18-10-11-21-19(22-18)14-23-12-6-2-5-9-16(23)13-17(24)15-7-3-1-4-8-15/h1,3-4,7-8,10-11,16-17,24H,2,5-6,9,12-14H2,(H2,20,21,22)/t16-,17+/m0/s1. The Hall–Kier alpha value is -1.98. The first-order chi connectivity index (χ1) is 11.7. The highest BCUT2D eigenvalue weighted by Crippen LogP contribution is 2.27. The van der Waals surface area contributed by atoms with Gasteiger partial charge < -0.3 is 10.8 Å². The zero-order valence-electron chi connectivity index (χ0n) is 14.0. The lowest BCUT2D eigenvalue weighted by Gasteiger charge is -2.31. The zero-order chi connectivity index (χ0) is 16.8. The summed E-state index contributed by atoms with van der Waals surface area (Å²) in [4.78, 5) is 11.1. The molecule has 1 saturated heterocycles. The number of benzene rings is 1. The fourth-order valence-electron chi connectivity index (χ4n) is 3.45. The SMILES string of the molecule is Nc1ccnc(CN2CCCCC[C@H]2C[C@@H](O)c2ccccc2)n1. The van der Waals surface area contributed by atoms with Crippen molar-refractivity contribution < 1.29 is 5.11 Å². The second-order valence-electron chi connectivity index (χ2n) is 6.53. The van der Waals surface area contributed by atoms with Crippen molar-refractivity contribution in [3.63, 3.8) is 0 Å². The van der Waals surface area contributed by atoms with Crippen molar-refractivity contribution in [1.82, 2.24) is 14.9 Å². The Morgan fingerprint density at radius 2 is 2.00 bits per heavy atom. The average molecular weight is 326 g/mol. The van der Waals surface area contributed by atoms with Gasteiger partial charge in [-0.2, -0.15) is 0 Å². The molecule has 0 bridgehead atoms. The number of rotatable bonds is 5. The lowest BCUT2D eigenvalue weighted by Crippen LogP contribution is -2.36. The van der Waals surface area contributed by atoms with Crippen molar-refractivity contribution in [2.24, 2.45) is 0 Å². The monoisotopic (exact) mass is 326 g/mol. The molecule has 0 saturated carbocycles. The van der Waals surface area contributed by atoms with Crippen molar-refractivity contribution in [2.75, 3.05) is 12.3 Å². The minimum absolute atomic E-state index is 0.340. The largest absolute Gasteiger partial charge is 0.388 e. The van der Waals surface area contributed by atoms with E-state index in [9.17, 15) is 5.11 Å². The Bertz CT molecular complexity index is 634. The van der Waals surface area contributed by atoms with Gasteiger partial charge in [-0.3, -0.25) is 4.90 Å². The molecule has 3 N–H and O–H groups in total. The molecule has 0 unspecified atom stereocenters. The van der Waals surface area contributed by atoms with Gasteiger partial charge in [0.2, 0.25) is 0 Å². The molecule has 0 radical (unpaired) electrons. The van der Waals surface area contributed by atoms with Gasteiger partial charge in [-0.05, 0) is 37.4 Å². The highest BCUT2D eigenvalue weighted by Gasteiger charge is 2.25. The third-order valence-corrected chi connectivity index (χ3v) is 4.75. The number of aromatic nitrogens is 2. The van der Waals surface area contributed by atoms with Gasteiger partial charge in [0.1, 0.15) is 11.6 Å². The normalized spacial score (nSPS) is 20.5. The molecule has 5 heteroatoms. The third kappa shape index (κ3) is 4.52. The Morgan fingerprint density at radius 1 is 1.17 bits per heavy atom. The predicted octanol–water partition coefficient (Wildman–Crippen LogP) is 2.93. The van der Waals surface area contributed by atoms with E-state index in [4.69, 9.17) is 5.73 Å². The fraction of sp³-hybridized carbons (Fsp3) is 0.474. The van der Waals surface area contributed by atoms with Crippen molar-refractivity contribution in [2.45, 2.75) is 50.8 Å². The average Bonchev–Trinajstić information content (AvgIpc) is 2.81. The minimum Gasteiger partial charge on any atom is -0.388 e. The van der Waals surface area contributed by atoms with E-state index in [1.807, 2.05) is 30.3 Å². The van der Waals surface area contributed by atoms with Gasteiger partial charge in [-0.15, -0.1) is 0 Å². The van der Waals surface area contributed by atoms with Crippen LogP contribution in [0.3, 0.4) is 0 Å². The summed E-state index contributed by atoms with van der Waals surface area (Å²) in [5, 5.41) is 10.6. The number of nitrogen functional groups attached to an aromatic ring is 1. The van der Waals surface area contributed by atoms with E-state index in [1.54, 1.807) is 12.3 Å². The summed E-state index contributed by atoms with van der Waals surface area (Å²) in [7, 11) is 0. The highest BCUT2D eigenvalue weighted by atomic mass is 16.3. The van der Waals surface area contributed by atoms with Crippen LogP contribution >= 0.6 is 0 Å². The molecule has 2 aromatic rings. The van der Waals surface area contributed by atoms with Crippen LogP contribution < -0.4 is 5.73 Å². The summed E-state index contributed by atoms with van der Waals surface area (Å²) in [6.07, 6.45) is 6.76.